The first-order chi connectivity index (χ1) is 15.9. The number of methoxy groups -OCH3 is 1. The van der Waals surface area contributed by atoms with Gasteiger partial charge in [0.25, 0.3) is 0 Å². The molecule has 0 spiro atoms. The summed E-state index contributed by atoms with van der Waals surface area (Å²) in [6, 6.07) is 13.7. The van der Waals surface area contributed by atoms with E-state index in [0.29, 0.717) is 28.9 Å². The Morgan fingerprint density at radius 1 is 1.15 bits per heavy atom. The number of hydroxylamine groups is 1. The van der Waals surface area contributed by atoms with Crippen LogP contribution in [0.2, 0.25) is 0 Å². The molecule has 0 radical (unpaired) electrons. The van der Waals surface area contributed by atoms with Gasteiger partial charge in [-0.3, -0.25) is 10.3 Å². The average Bonchev–Trinajstić information content (AvgIpc) is 2.78. The van der Waals surface area contributed by atoms with Crippen LogP contribution in [-0.4, -0.2) is 33.1 Å². The van der Waals surface area contributed by atoms with Crippen molar-refractivity contribution in [1.29, 1.82) is 0 Å². The summed E-state index contributed by atoms with van der Waals surface area (Å²) in [7, 11) is 3.16. The summed E-state index contributed by atoms with van der Waals surface area (Å²) < 4.78 is 18.9. The molecule has 0 saturated heterocycles. The molecule has 0 bridgehead atoms. The Morgan fingerprint density at radius 2 is 1.91 bits per heavy atom. The average molecular weight is 474 g/mol. The first-order valence-corrected chi connectivity index (χ1v) is 11.5. The lowest BCUT2D eigenvalue weighted by Crippen LogP contribution is -2.32. The van der Waals surface area contributed by atoms with Crippen LogP contribution in [0, 0.1) is 11.7 Å². The van der Waals surface area contributed by atoms with Crippen molar-refractivity contribution in [3.05, 3.63) is 77.2 Å². The summed E-state index contributed by atoms with van der Waals surface area (Å²) in [4.78, 5) is 17.5. The van der Waals surface area contributed by atoms with Crippen molar-refractivity contribution in [2.75, 3.05) is 26.1 Å². The fourth-order valence-corrected chi connectivity index (χ4v) is 3.82. The number of halogens is 1. The van der Waals surface area contributed by atoms with E-state index in [1.165, 1.54) is 31.0 Å². The van der Waals surface area contributed by atoms with Crippen molar-refractivity contribution >= 4 is 23.7 Å². The van der Waals surface area contributed by atoms with Crippen LogP contribution in [0.5, 0.6) is 5.75 Å². The largest absolute Gasteiger partial charge is 0.497 e. The van der Waals surface area contributed by atoms with E-state index in [0.717, 1.165) is 23.4 Å². The fourth-order valence-electron chi connectivity index (χ4n) is 2.99. The molecule has 1 unspecified atom stereocenters. The van der Waals surface area contributed by atoms with Gasteiger partial charge in [-0.2, -0.15) is 0 Å². The van der Waals surface area contributed by atoms with Crippen LogP contribution in [0.3, 0.4) is 0 Å². The van der Waals surface area contributed by atoms with Crippen LogP contribution in [0.25, 0.3) is 0 Å². The summed E-state index contributed by atoms with van der Waals surface area (Å²) in [5, 5.41) is 7.18. The highest BCUT2D eigenvalue weighted by Gasteiger charge is 2.09. The Balaban J connectivity index is 2.24. The van der Waals surface area contributed by atoms with Gasteiger partial charge in [-0.05, 0) is 67.0 Å². The first-order valence-electron chi connectivity index (χ1n) is 10.7. The van der Waals surface area contributed by atoms with Crippen LogP contribution in [-0.2, 0) is 9.63 Å². The molecule has 0 aromatic heterocycles. The number of rotatable bonds is 14. The Morgan fingerprint density at radius 3 is 2.52 bits per heavy atom. The highest BCUT2D eigenvalue weighted by atomic mass is 32.2. The number of hydrogen-bond donors (Lipinski definition) is 3. The smallest absolute Gasteiger partial charge is 0.136 e. The van der Waals surface area contributed by atoms with Crippen molar-refractivity contribution in [2.24, 2.45) is 5.92 Å². The summed E-state index contributed by atoms with van der Waals surface area (Å²) >= 11 is 1.47. The van der Waals surface area contributed by atoms with E-state index in [2.05, 4.69) is 30.0 Å². The van der Waals surface area contributed by atoms with Crippen molar-refractivity contribution in [3.8, 4) is 5.75 Å². The summed E-state index contributed by atoms with van der Waals surface area (Å²) in [5.74, 6) is 0.845. The zero-order chi connectivity index (χ0) is 24.1. The number of hydrogen-bond acceptors (Lipinski definition) is 7. The minimum absolute atomic E-state index is 0.231. The molecule has 33 heavy (non-hydrogen) atoms. The second kappa shape index (κ2) is 14.4. The molecule has 2 aromatic rings. The van der Waals surface area contributed by atoms with Crippen LogP contribution < -0.4 is 20.9 Å². The lowest BCUT2D eigenvalue weighted by molar-refractivity contribution is -0.109. The topological polar surface area (TPSA) is 71.6 Å². The van der Waals surface area contributed by atoms with Gasteiger partial charge in [0, 0.05) is 22.8 Å². The zero-order valence-electron chi connectivity index (χ0n) is 19.4. The second-order valence-corrected chi connectivity index (χ2v) is 8.78. The van der Waals surface area contributed by atoms with Gasteiger partial charge in [0.2, 0.25) is 0 Å². The molecule has 0 amide bonds. The number of carbonyl (C=O) groups is 1. The van der Waals surface area contributed by atoms with Gasteiger partial charge in [-0.15, -0.1) is 0 Å². The van der Waals surface area contributed by atoms with Gasteiger partial charge >= 0.3 is 0 Å². The van der Waals surface area contributed by atoms with Gasteiger partial charge in [0.1, 0.15) is 22.9 Å². The highest BCUT2D eigenvalue weighted by molar-refractivity contribution is 8.03. The van der Waals surface area contributed by atoms with Crippen LogP contribution >= 0.6 is 11.8 Å². The van der Waals surface area contributed by atoms with Gasteiger partial charge in [0.15, 0.2) is 0 Å². The lowest BCUT2D eigenvalue weighted by atomic mass is 10.1. The lowest BCUT2D eigenvalue weighted by Gasteiger charge is -2.15. The van der Waals surface area contributed by atoms with Crippen molar-refractivity contribution < 1.29 is 18.8 Å². The summed E-state index contributed by atoms with van der Waals surface area (Å²) in [6.07, 6.45) is 5.46. The van der Waals surface area contributed by atoms with E-state index in [9.17, 15) is 9.18 Å². The van der Waals surface area contributed by atoms with Crippen molar-refractivity contribution in [2.45, 2.75) is 31.2 Å². The third-order valence-electron chi connectivity index (χ3n) is 4.48. The molecule has 178 valence electrons. The molecule has 0 saturated carbocycles. The summed E-state index contributed by atoms with van der Waals surface area (Å²) in [5.41, 5.74) is 4.21. The Kier molecular flexibility index (Phi) is 11.5. The van der Waals surface area contributed by atoms with Gasteiger partial charge in [0.05, 0.1) is 20.3 Å². The van der Waals surface area contributed by atoms with E-state index >= 15 is 0 Å². The summed E-state index contributed by atoms with van der Waals surface area (Å²) in [6.45, 7) is 4.61. The maximum absolute atomic E-state index is 13.7. The molecule has 2 rings (SSSR count). The predicted molar refractivity (Wildman–Crippen MR) is 132 cm³/mol. The number of allylic oxidation sites excluding steroid dienone is 1. The number of anilines is 1. The monoisotopic (exact) mass is 473 g/mol. The third-order valence-corrected chi connectivity index (χ3v) is 5.41. The molecule has 1 atom stereocenters. The molecule has 3 N–H and O–H groups in total. The Hall–Kier alpha value is -2.81. The number of ether oxygens (including phenoxy) is 1. The molecule has 0 aliphatic heterocycles. The van der Waals surface area contributed by atoms with E-state index in [1.54, 1.807) is 19.2 Å². The highest BCUT2D eigenvalue weighted by Crippen LogP contribution is 2.28. The minimum Gasteiger partial charge on any atom is -0.497 e. The quantitative estimate of drug-likeness (QED) is 0.152. The normalized spacial score (nSPS) is 13.0. The zero-order valence-corrected chi connectivity index (χ0v) is 20.2. The van der Waals surface area contributed by atoms with Gasteiger partial charge in [-0.1, -0.05) is 31.7 Å². The standard InChI is InChI=1S/C25H32FN3O3S/c1-18(2)14-22(17-30)27-13-12-21(28-20-7-5-6-19(26)15-20)16-25(29-32-4)33-24-10-8-23(31-3)9-11-24/h5-12,15-18,22,27-29H,13-14H2,1-4H3/b21-12+,25-16+. The maximum atomic E-state index is 13.7. The number of thioether (sulfide) groups is 1. The van der Waals surface area contributed by atoms with Crippen LogP contribution in [0.1, 0.15) is 20.3 Å². The van der Waals surface area contributed by atoms with E-state index in [-0.39, 0.29) is 11.9 Å². The predicted octanol–water partition coefficient (Wildman–Crippen LogP) is 5.12. The number of benzene rings is 2. The molecule has 0 aliphatic rings. The minimum atomic E-state index is -0.331. The van der Waals surface area contributed by atoms with E-state index in [4.69, 9.17) is 9.57 Å². The Labute approximate surface area is 199 Å². The van der Waals surface area contributed by atoms with E-state index in [1.807, 2.05) is 36.4 Å². The van der Waals surface area contributed by atoms with Gasteiger partial charge in [-0.25, -0.2) is 4.39 Å². The second-order valence-electron chi connectivity index (χ2n) is 7.67. The third kappa shape index (κ3) is 10.1. The molecule has 8 heteroatoms. The molecule has 0 heterocycles. The van der Waals surface area contributed by atoms with Crippen molar-refractivity contribution in [3.63, 3.8) is 0 Å². The Bertz CT molecular complexity index is 933. The molecule has 0 aliphatic carbocycles. The molecule has 2 aromatic carbocycles. The number of carbonyl (C=O) groups excluding carboxylic acids is 1. The van der Waals surface area contributed by atoms with Crippen LogP contribution in [0.4, 0.5) is 10.1 Å². The van der Waals surface area contributed by atoms with E-state index < -0.39 is 0 Å². The number of aldehydes is 1. The molecule has 0 fully saturated rings. The van der Waals surface area contributed by atoms with Gasteiger partial charge < -0.3 is 20.2 Å². The fraction of sp³-hybridized carbons (Fsp3) is 0.320. The first kappa shape index (κ1) is 26.4. The molecule has 6 nitrogen and oxygen atoms in total. The van der Waals surface area contributed by atoms with Crippen LogP contribution in [0.15, 0.2) is 76.3 Å². The SMILES string of the molecule is CON/C(=C\C(=C/CNC(C=O)CC(C)C)Nc1cccc(F)c1)Sc1ccc(OC)cc1. The maximum Gasteiger partial charge on any atom is 0.136 e. The number of nitrogens with one attached hydrogen (secondary N) is 3. The molecular formula is C25H32FN3O3S. The van der Waals surface area contributed by atoms with Crippen molar-refractivity contribution in [1.82, 2.24) is 10.8 Å². The molecular weight excluding hydrogens is 441 g/mol.